The predicted octanol–water partition coefficient (Wildman–Crippen LogP) is 3.13. The van der Waals surface area contributed by atoms with Gasteiger partial charge in [0.2, 0.25) is 5.91 Å². The first-order valence-electron chi connectivity index (χ1n) is 6.64. The molecule has 0 aromatic heterocycles. The van der Waals surface area contributed by atoms with Crippen molar-refractivity contribution in [2.75, 3.05) is 0 Å². The third kappa shape index (κ3) is 2.93. The number of nitrogens with two attached hydrogens (primary N) is 1. The van der Waals surface area contributed by atoms with E-state index in [2.05, 4.69) is 0 Å². The van der Waals surface area contributed by atoms with Crippen molar-refractivity contribution in [3.05, 3.63) is 34.9 Å². The number of benzene rings is 1. The topological polar surface area (TPSA) is 46.3 Å². The molecular formula is C15H21ClN2O. The summed E-state index contributed by atoms with van der Waals surface area (Å²) >= 11 is 6.07. The first kappa shape index (κ1) is 14.4. The molecule has 1 saturated heterocycles. The molecule has 2 rings (SSSR count). The van der Waals surface area contributed by atoms with E-state index in [-0.39, 0.29) is 23.5 Å². The average molecular weight is 281 g/mol. The molecule has 1 heterocycles. The van der Waals surface area contributed by atoms with Crippen LogP contribution < -0.4 is 5.73 Å². The molecule has 104 valence electrons. The molecule has 0 aliphatic carbocycles. The highest BCUT2D eigenvalue weighted by atomic mass is 35.5. The Kier molecular flexibility index (Phi) is 3.88. The fourth-order valence-corrected chi connectivity index (χ4v) is 2.99. The van der Waals surface area contributed by atoms with Crippen molar-refractivity contribution in [3.8, 4) is 0 Å². The number of amides is 1. The predicted molar refractivity (Wildman–Crippen MR) is 78.0 cm³/mol. The maximum Gasteiger partial charge on any atom is 0.223 e. The zero-order chi connectivity index (χ0) is 14.2. The molecule has 2 N–H and O–H groups in total. The van der Waals surface area contributed by atoms with Crippen LogP contribution in [0.25, 0.3) is 0 Å². The Labute approximate surface area is 119 Å². The van der Waals surface area contributed by atoms with Gasteiger partial charge in [-0.1, -0.05) is 23.7 Å². The number of carbonyl (C=O) groups excluding carboxylic acids is 1. The molecule has 1 amide bonds. The van der Waals surface area contributed by atoms with Crippen LogP contribution >= 0.6 is 11.6 Å². The smallest absolute Gasteiger partial charge is 0.223 e. The van der Waals surface area contributed by atoms with Gasteiger partial charge in [0.25, 0.3) is 0 Å². The number of carbonyl (C=O) groups is 1. The Balaban J connectivity index is 2.45. The van der Waals surface area contributed by atoms with Crippen molar-refractivity contribution < 1.29 is 4.79 Å². The Bertz CT molecular complexity index is 481. The summed E-state index contributed by atoms with van der Waals surface area (Å²) in [5.41, 5.74) is 7.04. The summed E-state index contributed by atoms with van der Waals surface area (Å²) in [7, 11) is 0. The summed E-state index contributed by atoms with van der Waals surface area (Å²) in [6.07, 6.45) is 1.25. The second-order valence-electron chi connectivity index (χ2n) is 6.14. The van der Waals surface area contributed by atoms with Crippen LogP contribution in [0.1, 0.15) is 45.2 Å². The molecule has 2 atom stereocenters. The van der Waals surface area contributed by atoms with Gasteiger partial charge >= 0.3 is 0 Å². The van der Waals surface area contributed by atoms with Gasteiger partial charge in [0, 0.05) is 23.0 Å². The quantitative estimate of drug-likeness (QED) is 0.859. The summed E-state index contributed by atoms with van der Waals surface area (Å²) in [6, 6.07) is 7.50. The molecule has 0 spiro atoms. The van der Waals surface area contributed by atoms with Crippen molar-refractivity contribution in [1.82, 2.24) is 4.90 Å². The van der Waals surface area contributed by atoms with Gasteiger partial charge in [0.15, 0.2) is 0 Å². The van der Waals surface area contributed by atoms with Crippen molar-refractivity contribution in [3.63, 3.8) is 0 Å². The minimum absolute atomic E-state index is 0.0459. The van der Waals surface area contributed by atoms with E-state index in [0.717, 1.165) is 12.0 Å². The van der Waals surface area contributed by atoms with Gasteiger partial charge in [-0.15, -0.1) is 0 Å². The maximum atomic E-state index is 12.3. The van der Waals surface area contributed by atoms with E-state index in [0.29, 0.717) is 11.4 Å². The molecule has 0 saturated carbocycles. The summed E-state index contributed by atoms with van der Waals surface area (Å²) in [4.78, 5) is 14.2. The van der Waals surface area contributed by atoms with Gasteiger partial charge in [-0.05, 0) is 44.9 Å². The second kappa shape index (κ2) is 5.14. The number of piperidine rings is 1. The van der Waals surface area contributed by atoms with Gasteiger partial charge in [0.05, 0.1) is 6.04 Å². The number of hydrogen-bond acceptors (Lipinski definition) is 2. The highest BCUT2D eigenvalue weighted by molar-refractivity contribution is 6.30. The summed E-state index contributed by atoms with van der Waals surface area (Å²) < 4.78 is 0. The van der Waals surface area contributed by atoms with Gasteiger partial charge in [-0.3, -0.25) is 4.79 Å². The number of hydrogen-bond donors (Lipinski definition) is 1. The lowest BCUT2D eigenvalue weighted by atomic mass is 9.86. The maximum absolute atomic E-state index is 12.3. The highest BCUT2D eigenvalue weighted by Crippen LogP contribution is 2.36. The first-order valence-corrected chi connectivity index (χ1v) is 7.01. The Morgan fingerprint density at radius 3 is 2.63 bits per heavy atom. The van der Waals surface area contributed by atoms with E-state index in [4.69, 9.17) is 17.3 Å². The van der Waals surface area contributed by atoms with Crippen LogP contribution in [0.2, 0.25) is 5.02 Å². The minimum atomic E-state index is -0.248. The number of nitrogens with zero attached hydrogens (tertiary/aromatic N) is 1. The second-order valence-corrected chi connectivity index (χ2v) is 6.57. The summed E-state index contributed by atoms with van der Waals surface area (Å²) in [6.45, 7) is 6.13. The third-order valence-electron chi connectivity index (χ3n) is 3.56. The molecule has 19 heavy (non-hydrogen) atoms. The molecule has 1 aromatic rings. The molecule has 1 aliphatic rings. The normalized spacial score (nSPS) is 24.7. The van der Waals surface area contributed by atoms with Crippen LogP contribution in [0.4, 0.5) is 0 Å². The number of halogens is 1. The van der Waals surface area contributed by atoms with Gasteiger partial charge in [0.1, 0.15) is 0 Å². The van der Waals surface area contributed by atoms with E-state index < -0.39 is 0 Å². The molecule has 1 aromatic carbocycles. The summed E-state index contributed by atoms with van der Waals surface area (Å²) in [5, 5.41) is 0.677. The van der Waals surface area contributed by atoms with E-state index in [1.54, 1.807) is 0 Å². The van der Waals surface area contributed by atoms with Crippen LogP contribution in [0.15, 0.2) is 24.3 Å². The lowest BCUT2D eigenvalue weighted by Gasteiger charge is -2.47. The molecule has 2 unspecified atom stereocenters. The molecule has 0 radical (unpaired) electrons. The van der Waals surface area contributed by atoms with Crippen LogP contribution in [-0.2, 0) is 4.79 Å². The molecular weight excluding hydrogens is 260 g/mol. The van der Waals surface area contributed by atoms with Gasteiger partial charge < -0.3 is 10.6 Å². The monoisotopic (exact) mass is 280 g/mol. The zero-order valence-corrected chi connectivity index (χ0v) is 12.4. The molecule has 1 fully saturated rings. The first-order chi connectivity index (χ1) is 8.80. The van der Waals surface area contributed by atoms with E-state index in [1.165, 1.54) is 0 Å². The number of likely N-dealkylation sites (tertiary alicyclic amines) is 1. The fourth-order valence-electron chi connectivity index (χ4n) is 2.79. The van der Waals surface area contributed by atoms with Gasteiger partial charge in [-0.2, -0.15) is 0 Å². The average Bonchev–Trinajstić information content (AvgIpc) is 2.30. The Morgan fingerprint density at radius 2 is 2.05 bits per heavy atom. The molecule has 3 nitrogen and oxygen atoms in total. The molecule has 1 aliphatic heterocycles. The lowest BCUT2D eigenvalue weighted by Crippen LogP contribution is -2.56. The lowest BCUT2D eigenvalue weighted by molar-refractivity contribution is -0.144. The van der Waals surface area contributed by atoms with Crippen LogP contribution in [0.3, 0.4) is 0 Å². The van der Waals surface area contributed by atoms with Crippen molar-refractivity contribution >= 4 is 17.5 Å². The largest absolute Gasteiger partial charge is 0.329 e. The van der Waals surface area contributed by atoms with E-state index in [9.17, 15) is 4.79 Å². The Morgan fingerprint density at radius 1 is 1.37 bits per heavy atom. The minimum Gasteiger partial charge on any atom is -0.329 e. The highest BCUT2D eigenvalue weighted by Gasteiger charge is 2.40. The van der Waals surface area contributed by atoms with Crippen LogP contribution in [0.5, 0.6) is 0 Å². The van der Waals surface area contributed by atoms with Crippen LogP contribution in [-0.4, -0.2) is 22.4 Å². The van der Waals surface area contributed by atoms with E-state index >= 15 is 0 Å². The van der Waals surface area contributed by atoms with Crippen molar-refractivity contribution in [1.29, 1.82) is 0 Å². The fraction of sp³-hybridized carbons (Fsp3) is 0.533. The number of rotatable bonds is 1. The van der Waals surface area contributed by atoms with Crippen molar-refractivity contribution in [2.24, 2.45) is 5.73 Å². The SMILES string of the molecule is CC(C)(C)N1C(=O)CCC(N)C1c1cccc(Cl)c1. The van der Waals surface area contributed by atoms with Crippen molar-refractivity contribution in [2.45, 2.75) is 51.2 Å². The van der Waals surface area contributed by atoms with E-state index in [1.807, 2.05) is 49.9 Å². The third-order valence-corrected chi connectivity index (χ3v) is 3.79. The van der Waals surface area contributed by atoms with Gasteiger partial charge in [-0.25, -0.2) is 0 Å². The van der Waals surface area contributed by atoms with Crippen LogP contribution in [0, 0.1) is 0 Å². The zero-order valence-electron chi connectivity index (χ0n) is 11.7. The summed E-state index contributed by atoms with van der Waals surface area (Å²) in [5.74, 6) is 0.166. The standard InChI is InChI=1S/C15H21ClN2O/c1-15(2,3)18-13(19)8-7-12(17)14(18)10-5-4-6-11(16)9-10/h4-6,9,12,14H,7-8,17H2,1-3H3. The molecule has 0 bridgehead atoms. The molecule has 4 heteroatoms. The Hall–Kier alpha value is -1.06.